The molecule has 0 saturated carbocycles. The van der Waals surface area contributed by atoms with Gasteiger partial charge in [-0.2, -0.15) is 0 Å². The predicted octanol–water partition coefficient (Wildman–Crippen LogP) is -0.147. The molecule has 1 saturated heterocycles. The van der Waals surface area contributed by atoms with Gasteiger partial charge in [-0.1, -0.05) is 0 Å². The number of aliphatic carboxylic acids is 1. The van der Waals surface area contributed by atoms with Gasteiger partial charge < -0.3 is 20.6 Å². The van der Waals surface area contributed by atoms with Gasteiger partial charge in [0, 0.05) is 19.6 Å². The molecule has 18 heavy (non-hydrogen) atoms. The Morgan fingerprint density at radius 1 is 1.39 bits per heavy atom. The van der Waals surface area contributed by atoms with Gasteiger partial charge in [-0.25, -0.2) is 4.79 Å². The van der Waals surface area contributed by atoms with E-state index in [-0.39, 0.29) is 25.0 Å². The summed E-state index contributed by atoms with van der Waals surface area (Å²) in [6.07, 6.45) is 2.39. The third kappa shape index (κ3) is 3.90. The topological polar surface area (TPSA) is 104 Å². The van der Waals surface area contributed by atoms with Crippen LogP contribution in [-0.4, -0.2) is 59.0 Å². The van der Waals surface area contributed by atoms with Gasteiger partial charge in [0.15, 0.2) is 0 Å². The van der Waals surface area contributed by atoms with E-state index in [1.165, 1.54) is 16.8 Å². The van der Waals surface area contributed by atoms with Crippen molar-refractivity contribution in [3.8, 4) is 0 Å². The quantitative estimate of drug-likeness (QED) is 0.731. The summed E-state index contributed by atoms with van der Waals surface area (Å²) < 4.78 is 0. The summed E-state index contributed by atoms with van der Waals surface area (Å²) >= 11 is 0. The SMILES string of the molecule is CN(CC(N)=O)C(=O)N1CCCCC1CC(=O)O. The molecule has 0 aromatic rings. The van der Waals surface area contributed by atoms with Gasteiger partial charge in [0.25, 0.3) is 0 Å². The molecule has 7 heteroatoms. The lowest BCUT2D eigenvalue weighted by Crippen LogP contribution is -2.51. The van der Waals surface area contributed by atoms with Crippen LogP contribution in [0.3, 0.4) is 0 Å². The summed E-state index contributed by atoms with van der Waals surface area (Å²) in [7, 11) is 1.49. The molecule has 0 aliphatic carbocycles. The minimum atomic E-state index is -0.919. The minimum absolute atomic E-state index is 0.0594. The molecule has 7 nitrogen and oxygen atoms in total. The molecule has 1 aliphatic rings. The second kappa shape index (κ2) is 6.23. The fraction of sp³-hybridized carbons (Fsp3) is 0.727. The zero-order chi connectivity index (χ0) is 13.7. The van der Waals surface area contributed by atoms with E-state index in [0.717, 1.165) is 12.8 Å². The molecule has 0 bridgehead atoms. The lowest BCUT2D eigenvalue weighted by atomic mass is 10.00. The van der Waals surface area contributed by atoms with Crippen LogP contribution in [0.1, 0.15) is 25.7 Å². The van der Waals surface area contributed by atoms with Gasteiger partial charge in [0.05, 0.1) is 6.42 Å². The first-order valence-electron chi connectivity index (χ1n) is 5.93. The number of carboxylic acids is 1. The number of carbonyl (C=O) groups is 3. The number of urea groups is 1. The standard InChI is InChI=1S/C11H19N3O4/c1-13(7-9(12)15)11(18)14-5-3-2-4-8(14)6-10(16)17/h8H,2-7H2,1H3,(H2,12,15)(H,16,17). The van der Waals surface area contributed by atoms with Crippen LogP contribution in [-0.2, 0) is 9.59 Å². The highest BCUT2D eigenvalue weighted by atomic mass is 16.4. The fourth-order valence-corrected chi connectivity index (χ4v) is 2.19. The van der Waals surface area contributed by atoms with Crippen molar-refractivity contribution in [3.63, 3.8) is 0 Å². The van der Waals surface area contributed by atoms with Crippen molar-refractivity contribution in [2.24, 2.45) is 5.73 Å². The highest BCUT2D eigenvalue weighted by molar-refractivity contribution is 5.83. The van der Waals surface area contributed by atoms with Crippen LogP contribution >= 0.6 is 0 Å². The fourth-order valence-electron chi connectivity index (χ4n) is 2.19. The average molecular weight is 257 g/mol. The number of carbonyl (C=O) groups excluding carboxylic acids is 2. The lowest BCUT2D eigenvalue weighted by Gasteiger charge is -2.37. The smallest absolute Gasteiger partial charge is 0.320 e. The van der Waals surface area contributed by atoms with Gasteiger partial charge in [-0.05, 0) is 19.3 Å². The second-order valence-electron chi connectivity index (χ2n) is 4.55. The molecule has 0 aromatic heterocycles. The Labute approximate surface area is 106 Å². The van der Waals surface area contributed by atoms with Gasteiger partial charge in [-0.15, -0.1) is 0 Å². The summed E-state index contributed by atoms with van der Waals surface area (Å²) in [6, 6.07) is -0.626. The van der Waals surface area contributed by atoms with E-state index in [2.05, 4.69) is 0 Å². The number of hydrogen-bond acceptors (Lipinski definition) is 3. The molecule has 1 heterocycles. The van der Waals surface area contributed by atoms with Crippen LogP contribution in [0.15, 0.2) is 0 Å². The zero-order valence-corrected chi connectivity index (χ0v) is 10.5. The van der Waals surface area contributed by atoms with E-state index >= 15 is 0 Å². The van der Waals surface area contributed by atoms with Crippen LogP contribution in [0.2, 0.25) is 0 Å². The van der Waals surface area contributed by atoms with Crippen LogP contribution < -0.4 is 5.73 Å². The number of amides is 3. The maximum Gasteiger partial charge on any atom is 0.320 e. The summed E-state index contributed by atoms with van der Waals surface area (Å²) in [6.45, 7) is 0.370. The molecule has 0 radical (unpaired) electrons. The van der Waals surface area contributed by atoms with E-state index < -0.39 is 11.9 Å². The van der Waals surface area contributed by atoms with E-state index in [1.54, 1.807) is 0 Å². The number of primary amides is 1. The van der Waals surface area contributed by atoms with Crippen molar-refractivity contribution in [2.75, 3.05) is 20.1 Å². The molecule has 3 amide bonds. The first kappa shape index (κ1) is 14.3. The predicted molar refractivity (Wildman–Crippen MR) is 63.8 cm³/mol. The number of piperidine rings is 1. The van der Waals surface area contributed by atoms with Crippen molar-refractivity contribution in [1.29, 1.82) is 0 Å². The first-order valence-corrected chi connectivity index (χ1v) is 5.93. The van der Waals surface area contributed by atoms with Gasteiger partial charge in [-0.3, -0.25) is 9.59 Å². The van der Waals surface area contributed by atoms with Gasteiger partial charge in [0.1, 0.15) is 6.54 Å². The molecule has 1 aliphatic heterocycles. The Hall–Kier alpha value is -1.79. The third-order valence-electron chi connectivity index (χ3n) is 3.00. The van der Waals surface area contributed by atoms with Crippen molar-refractivity contribution < 1.29 is 19.5 Å². The van der Waals surface area contributed by atoms with E-state index in [0.29, 0.717) is 13.0 Å². The second-order valence-corrected chi connectivity index (χ2v) is 4.55. The molecular formula is C11H19N3O4. The van der Waals surface area contributed by atoms with Crippen molar-refractivity contribution in [2.45, 2.75) is 31.7 Å². The molecule has 1 rings (SSSR count). The molecular weight excluding hydrogens is 238 g/mol. The summed E-state index contributed by atoms with van der Waals surface area (Å²) in [5.41, 5.74) is 5.03. The Kier molecular flexibility index (Phi) is 4.94. The molecule has 1 atom stereocenters. The number of nitrogens with zero attached hydrogens (tertiary/aromatic N) is 2. The number of hydrogen-bond donors (Lipinski definition) is 2. The highest BCUT2D eigenvalue weighted by Crippen LogP contribution is 2.20. The maximum atomic E-state index is 12.1. The number of nitrogens with two attached hydrogens (primary N) is 1. The zero-order valence-electron chi connectivity index (χ0n) is 10.5. The Morgan fingerprint density at radius 3 is 2.61 bits per heavy atom. The number of likely N-dealkylation sites (N-methyl/N-ethyl adjacent to an activating group) is 1. The first-order chi connectivity index (χ1) is 8.41. The van der Waals surface area contributed by atoms with E-state index in [4.69, 9.17) is 10.8 Å². The van der Waals surface area contributed by atoms with Crippen molar-refractivity contribution in [1.82, 2.24) is 9.80 Å². The van der Waals surface area contributed by atoms with Crippen LogP contribution in [0, 0.1) is 0 Å². The van der Waals surface area contributed by atoms with Gasteiger partial charge in [0.2, 0.25) is 5.91 Å². The molecule has 102 valence electrons. The summed E-state index contributed by atoms with van der Waals surface area (Å²) in [5, 5.41) is 8.82. The Morgan fingerprint density at radius 2 is 2.06 bits per heavy atom. The maximum absolute atomic E-state index is 12.1. The van der Waals surface area contributed by atoms with E-state index in [9.17, 15) is 14.4 Å². The van der Waals surface area contributed by atoms with E-state index in [1.807, 2.05) is 0 Å². The molecule has 0 spiro atoms. The molecule has 1 unspecified atom stereocenters. The Bertz CT molecular complexity index is 345. The monoisotopic (exact) mass is 257 g/mol. The summed E-state index contributed by atoms with van der Waals surface area (Å²) in [4.78, 5) is 36.4. The van der Waals surface area contributed by atoms with Crippen LogP contribution in [0.4, 0.5) is 4.79 Å². The van der Waals surface area contributed by atoms with Gasteiger partial charge >= 0.3 is 12.0 Å². The minimum Gasteiger partial charge on any atom is -0.481 e. The third-order valence-corrected chi connectivity index (χ3v) is 3.00. The average Bonchev–Trinajstić information content (AvgIpc) is 2.27. The summed E-state index contributed by atoms with van der Waals surface area (Å²) in [5.74, 6) is -1.50. The largest absolute Gasteiger partial charge is 0.481 e. The van der Waals surface area contributed by atoms with Crippen LogP contribution in [0.5, 0.6) is 0 Å². The molecule has 1 fully saturated rings. The van der Waals surface area contributed by atoms with Crippen molar-refractivity contribution in [3.05, 3.63) is 0 Å². The highest BCUT2D eigenvalue weighted by Gasteiger charge is 2.30. The van der Waals surface area contributed by atoms with Crippen molar-refractivity contribution >= 4 is 17.9 Å². The lowest BCUT2D eigenvalue weighted by molar-refractivity contribution is -0.138. The number of likely N-dealkylation sites (tertiary alicyclic amines) is 1. The number of rotatable bonds is 4. The van der Waals surface area contributed by atoms with Crippen LogP contribution in [0.25, 0.3) is 0 Å². The number of carboxylic acid groups (broad SMARTS) is 1. The normalized spacial score (nSPS) is 19.4. The Balaban J connectivity index is 2.67. The molecule has 3 N–H and O–H groups in total. The molecule has 0 aromatic carbocycles.